The van der Waals surface area contributed by atoms with Crippen molar-refractivity contribution < 1.29 is 31.2 Å². The molecule has 0 aliphatic rings. The van der Waals surface area contributed by atoms with Gasteiger partial charge in [0.05, 0.1) is 5.39 Å². The summed E-state index contributed by atoms with van der Waals surface area (Å²) in [6.07, 6.45) is -4.67. The van der Waals surface area contributed by atoms with Crippen molar-refractivity contribution in [2.24, 2.45) is 0 Å². The molecule has 0 aliphatic heterocycles. The van der Waals surface area contributed by atoms with Crippen LogP contribution in [0.1, 0.15) is 6.92 Å². The van der Waals surface area contributed by atoms with Crippen LogP contribution >= 0.6 is 0 Å². The normalized spacial score (nSPS) is 12.4. The van der Waals surface area contributed by atoms with Gasteiger partial charge in [-0.25, -0.2) is 4.39 Å². The second-order valence-electron chi connectivity index (χ2n) is 5.31. The molecule has 3 aromatic rings. The van der Waals surface area contributed by atoms with E-state index in [1.54, 1.807) is 6.07 Å². The van der Waals surface area contributed by atoms with Crippen molar-refractivity contribution >= 4 is 22.5 Å². The lowest BCUT2D eigenvalue weighted by Crippen LogP contribution is -2.42. The zero-order valence-electron chi connectivity index (χ0n) is 12.7. The maximum Gasteiger partial charge on any atom is 0.463 e. The van der Waals surface area contributed by atoms with Gasteiger partial charge in [-0.3, -0.25) is 0 Å². The SMILES string of the molecule is CC(F)(F)C(F)(F)Oc1cccc(Nc2noc3c(F)cccc23)c1. The quantitative estimate of drug-likeness (QED) is 0.626. The first-order chi connectivity index (χ1) is 11.7. The number of para-hydroxylation sites is 1. The number of halogens is 5. The molecular weight excluding hydrogens is 347 g/mol. The first-order valence-corrected chi connectivity index (χ1v) is 7.03. The third kappa shape index (κ3) is 3.35. The second-order valence-corrected chi connectivity index (χ2v) is 5.31. The van der Waals surface area contributed by atoms with Crippen molar-refractivity contribution in [1.29, 1.82) is 0 Å². The van der Waals surface area contributed by atoms with E-state index in [1.807, 2.05) is 0 Å². The summed E-state index contributed by atoms with van der Waals surface area (Å²) in [6, 6.07) is 9.16. The maximum atomic E-state index is 13.6. The molecule has 0 spiro atoms. The van der Waals surface area contributed by atoms with Crippen LogP contribution in [0.4, 0.5) is 33.5 Å². The largest absolute Gasteiger partial charge is 0.463 e. The van der Waals surface area contributed by atoms with Crippen LogP contribution in [0.25, 0.3) is 11.0 Å². The Morgan fingerprint density at radius 2 is 1.80 bits per heavy atom. The summed E-state index contributed by atoms with van der Waals surface area (Å²) >= 11 is 0. The lowest BCUT2D eigenvalue weighted by Gasteiger charge is -2.23. The minimum absolute atomic E-state index is 0.0607. The van der Waals surface area contributed by atoms with E-state index in [4.69, 9.17) is 4.52 Å². The molecule has 0 unspecified atom stereocenters. The third-order valence-corrected chi connectivity index (χ3v) is 3.30. The van der Waals surface area contributed by atoms with Crippen LogP contribution < -0.4 is 10.1 Å². The molecular formula is C16H11F5N2O2. The van der Waals surface area contributed by atoms with Crippen LogP contribution in [0.5, 0.6) is 5.75 Å². The van der Waals surface area contributed by atoms with Crippen molar-refractivity contribution in [3.8, 4) is 5.75 Å². The average molecular weight is 358 g/mol. The molecule has 0 amide bonds. The van der Waals surface area contributed by atoms with E-state index < -0.39 is 23.6 Å². The van der Waals surface area contributed by atoms with Gasteiger partial charge in [0.15, 0.2) is 11.6 Å². The molecule has 1 N–H and O–H groups in total. The van der Waals surface area contributed by atoms with Gasteiger partial charge in [0.2, 0.25) is 5.58 Å². The number of anilines is 2. The van der Waals surface area contributed by atoms with Crippen LogP contribution in [0.2, 0.25) is 0 Å². The molecule has 0 aliphatic carbocycles. The molecule has 0 fully saturated rings. The number of fused-ring (bicyclic) bond motifs is 1. The Morgan fingerprint density at radius 3 is 2.52 bits per heavy atom. The maximum absolute atomic E-state index is 13.6. The van der Waals surface area contributed by atoms with E-state index in [0.29, 0.717) is 5.39 Å². The molecule has 2 aromatic carbocycles. The summed E-state index contributed by atoms with van der Waals surface area (Å²) in [5, 5.41) is 6.73. The molecule has 1 heterocycles. The predicted octanol–water partition coefficient (Wildman–Crippen LogP) is 5.34. The van der Waals surface area contributed by atoms with E-state index in [2.05, 4.69) is 15.2 Å². The van der Waals surface area contributed by atoms with E-state index in [-0.39, 0.29) is 24.0 Å². The number of hydrogen-bond acceptors (Lipinski definition) is 4. The van der Waals surface area contributed by atoms with Gasteiger partial charge >= 0.3 is 12.0 Å². The van der Waals surface area contributed by atoms with Crippen LogP contribution in [-0.4, -0.2) is 17.2 Å². The van der Waals surface area contributed by atoms with E-state index in [0.717, 1.165) is 12.1 Å². The van der Waals surface area contributed by atoms with Crippen molar-refractivity contribution in [3.63, 3.8) is 0 Å². The zero-order valence-corrected chi connectivity index (χ0v) is 12.7. The molecule has 132 valence electrons. The number of nitrogens with zero attached hydrogens (tertiary/aromatic N) is 1. The number of aromatic nitrogens is 1. The number of benzene rings is 2. The Kier molecular flexibility index (Phi) is 4.02. The molecule has 0 atom stereocenters. The fourth-order valence-electron chi connectivity index (χ4n) is 2.03. The van der Waals surface area contributed by atoms with Gasteiger partial charge in [-0.2, -0.15) is 17.6 Å². The van der Waals surface area contributed by atoms with Gasteiger partial charge in [-0.1, -0.05) is 17.3 Å². The number of nitrogens with one attached hydrogen (secondary N) is 1. The highest BCUT2D eigenvalue weighted by molar-refractivity contribution is 5.90. The Labute approximate surface area is 138 Å². The summed E-state index contributed by atoms with van der Waals surface area (Å²) in [5.74, 6) is -5.30. The molecule has 0 saturated carbocycles. The van der Waals surface area contributed by atoms with Crippen LogP contribution in [0.15, 0.2) is 47.0 Å². The van der Waals surface area contributed by atoms with Gasteiger partial charge in [0.25, 0.3) is 0 Å². The van der Waals surface area contributed by atoms with E-state index in [1.165, 1.54) is 24.3 Å². The summed E-state index contributed by atoms with van der Waals surface area (Å²) < 4.78 is 74.9. The molecule has 0 bridgehead atoms. The molecule has 0 radical (unpaired) electrons. The van der Waals surface area contributed by atoms with Crippen molar-refractivity contribution in [1.82, 2.24) is 5.16 Å². The lowest BCUT2D eigenvalue weighted by atomic mass is 10.2. The molecule has 4 nitrogen and oxygen atoms in total. The molecule has 25 heavy (non-hydrogen) atoms. The zero-order chi connectivity index (χ0) is 18.2. The van der Waals surface area contributed by atoms with Crippen molar-refractivity contribution in [2.75, 3.05) is 5.32 Å². The third-order valence-electron chi connectivity index (χ3n) is 3.30. The minimum atomic E-state index is -4.67. The first kappa shape index (κ1) is 17.0. The van der Waals surface area contributed by atoms with E-state index in [9.17, 15) is 22.0 Å². The van der Waals surface area contributed by atoms with Crippen LogP contribution in [0.3, 0.4) is 0 Å². The second kappa shape index (κ2) is 5.91. The van der Waals surface area contributed by atoms with Gasteiger partial charge in [0.1, 0.15) is 5.75 Å². The first-order valence-electron chi connectivity index (χ1n) is 7.03. The number of rotatable bonds is 5. The van der Waals surface area contributed by atoms with Gasteiger partial charge in [-0.05, 0) is 24.3 Å². The standard InChI is InChI=1S/C16H11F5N2O2/c1-15(18,19)16(20,21)24-10-5-2-4-9(8-10)22-14-11-6-3-7-12(17)13(11)25-23-14/h2-8H,1H3,(H,22,23). The van der Waals surface area contributed by atoms with Crippen molar-refractivity contribution in [3.05, 3.63) is 48.3 Å². The minimum Gasteiger partial charge on any atom is -0.428 e. The van der Waals surface area contributed by atoms with E-state index >= 15 is 0 Å². The fourth-order valence-corrected chi connectivity index (χ4v) is 2.03. The Morgan fingerprint density at radius 1 is 1.08 bits per heavy atom. The molecule has 0 saturated heterocycles. The number of ether oxygens (including phenoxy) is 1. The summed E-state index contributed by atoms with van der Waals surface area (Å²) in [4.78, 5) is 0. The Bertz CT molecular complexity index is 905. The summed E-state index contributed by atoms with van der Waals surface area (Å²) in [5.41, 5.74) is 0.141. The van der Waals surface area contributed by atoms with Gasteiger partial charge < -0.3 is 14.6 Å². The monoisotopic (exact) mass is 358 g/mol. The predicted molar refractivity (Wildman–Crippen MR) is 79.9 cm³/mol. The van der Waals surface area contributed by atoms with Crippen molar-refractivity contribution in [2.45, 2.75) is 19.0 Å². The molecule has 1 aromatic heterocycles. The van der Waals surface area contributed by atoms with Crippen LogP contribution in [-0.2, 0) is 0 Å². The van der Waals surface area contributed by atoms with Gasteiger partial charge in [-0.15, -0.1) is 0 Å². The van der Waals surface area contributed by atoms with Gasteiger partial charge in [0, 0.05) is 18.7 Å². The highest BCUT2D eigenvalue weighted by atomic mass is 19.3. The lowest BCUT2D eigenvalue weighted by molar-refractivity contribution is -0.301. The molecule has 3 rings (SSSR count). The number of hydrogen-bond donors (Lipinski definition) is 1. The van der Waals surface area contributed by atoms with Crippen LogP contribution in [0, 0.1) is 5.82 Å². The summed E-state index contributed by atoms with van der Waals surface area (Å²) in [7, 11) is 0. The average Bonchev–Trinajstić information content (AvgIpc) is 2.91. The smallest absolute Gasteiger partial charge is 0.428 e. The highest BCUT2D eigenvalue weighted by Gasteiger charge is 2.55. The summed E-state index contributed by atoms with van der Waals surface area (Å²) in [6.45, 7) is 0.0607. The molecule has 9 heteroatoms. The Hall–Kier alpha value is -2.84. The topological polar surface area (TPSA) is 47.3 Å². The Balaban J connectivity index is 1.86. The highest BCUT2D eigenvalue weighted by Crippen LogP contribution is 2.36. The number of alkyl halides is 4. The fraction of sp³-hybridized carbons (Fsp3) is 0.188.